The van der Waals surface area contributed by atoms with Crippen LogP contribution in [0.1, 0.15) is 31.2 Å². The van der Waals surface area contributed by atoms with Crippen LogP contribution in [0.2, 0.25) is 0 Å². The van der Waals surface area contributed by atoms with Crippen molar-refractivity contribution in [3.05, 3.63) is 36.7 Å². The molecule has 0 aromatic carbocycles. The number of nitrogens with one attached hydrogen (secondary N) is 1. The summed E-state index contributed by atoms with van der Waals surface area (Å²) in [6, 6.07) is 1.99. The predicted octanol–water partition coefficient (Wildman–Crippen LogP) is 3.66. The molecule has 0 radical (unpaired) electrons. The Bertz CT molecular complexity index is 681. The van der Waals surface area contributed by atoms with Gasteiger partial charge in [0.05, 0.1) is 11.9 Å². The Morgan fingerprint density at radius 1 is 1.52 bits per heavy atom. The first-order valence-electron chi connectivity index (χ1n) is 7.56. The van der Waals surface area contributed by atoms with Gasteiger partial charge in [-0.3, -0.25) is 4.79 Å². The Morgan fingerprint density at radius 3 is 3.00 bits per heavy atom. The van der Waals surface area contributed by atoms with Gasteiger partial charge in [0.15, 0.2) is 0 Å². The molecule has 2 aromatic heterocycles. The van der Waals surface area contributed by atoms with Gasteiger partial charge >= 0.3 is 0 Å². The molecule has 4 heteroatoms. The highest BCUT2D eigenvalue weighted by molar-refractivity contribution is 6.00. The maximum absolute atomic E-state index is 11.4. The zero-order valence-corrected chi connectivity index (χ0v) is 12.4. The van der Waals surface area contributed by atoms with Gasteiger partial charge in [-0.25, -0.2) is 4.98 Å². The third-order valence-electron chi connectivity index (χ3n) is 4.30. The lowest BCUT2D eigenvalue weighted by Crippen LogP contribution is -2.08. The minimum atomic E-state index is -0.209. The Hall–Kier alpha value is -2.10. The fourth-order valence-corrected chi connectivity index (χ4v) is 3.21. The zero-order valence-electron chi connectivity index (χ0n) is 12.4. The van der Waals surface area contributed by atoms with Crippen molar-refractivity contribution in [2.45, 2.75) is 39.2 Å². The van der Waals surface area contributed by atoms with Crippen LogP contribution in [0, 0.1) is 12.8 Å². The largest absolute Gasteiger partial charge is 0.332 e. The van der Waals surface area contributed by atoms with E-state index in [-0.39, 0.29) is 5.91 Å². The van der Waals surface area contributed by atoms with Gasteiger partial charge in [0.2, 0.25) is 5.91 Å². The first-order chi connectivity index (χ1) is 10.2. The monoisotopic (exact) mass is 283 g/mol. The second kappa shape index (κ2) is 5.72. The Balaban J connectivity index is 1.89. The summed E-state index contributed by atoms with van der Waals surface area (Å²) in [7, 11) is 0. The van der Waals surface area contributed by atoms with E-state index in [0.29, 0.717) is 5.69 Å². The number of rotatable bonds is 4. The van der Waals surface area contributed by atoms with Crippen molar-refractivity contribution in [3.63, 3.8) is 0 Å². The van der Waals surface area contributed by atoms with Crippen LogP contribution in [0.3, 0.4) is 0 Å². The summed E-state index contributed by atoms with van der Waals surface area (Å²) < 4.78 is 2.26. The highest BCUT2D eigenvalue weighted by atomic mass is 16.1. The molecule has 1 saturated carbocycles. The van der Waals surface area contributed by atoms with Gasteiger partial charge in [0, 0.05) is 18.1 Å². The van der Waals surface area contributed by atoms with Gasteiger partial charge in [-0.05, 0) is 43.4 Å². The predicted molar refractivity (Wildman–Crippen MR) is 85.3 cm³/mol. The van der Waals surface area contributed by atoms with E-state index in [1.807, 2.05) is 6.07 Å². The molecular weight excluding hydrogens is 262 g/mol. The molecule has 4 nitrogen and oxygen atoms in total. The first-order valence-corrected chi connectivity index (χ1v) is 7.56. The number of aryl methyl sites for hydroxylation is 1. The molecule has 3 rings (SSSR count). The summed E-state index contributed by atoms with van der Waals surface area (Å²) in [5.74, 6) is 0.570. The van der Waals surface area contributed by atoms with Gasteiger partial charge in [-0.15, -0.1) is 0 Å². The Morgan fingerprint density at radius 2 is 2.29 bits per heavy atom. The molecule has 0 aliphatic heterocycles. The fourth-order valence-electron chi connectivity index (χ4n) is 3.21. The summed E-state index contributed by atoms with van der Waals surface area (Å²) in [5.41, 5.74) is 2.93. The van der Waals surface area contributed by atoms with E-state index in [4.69, 9.17) is 0 Å². The maximum atomic E-state index is 11.4. The molecule has 1 amide bonds. The molecule has 0 unspecified atom stereocenters. The lowest BCUT2D eigenvalue weighted by Gasteiger charge is -2.11. The van der Waals surface area contributed by atoms with Crippen molar-refractivity contribution in [1.82, 2.24) is 9.55 Å². The van der Waals surface area contributed by atoms with Crippen molar-refractivity contribution in [1.29, 1.82) is 0 Å². The molecule has 0 spiro atoms. The second-order valence-electron chi connectivity index (χ2n) is 5.90. The molecule has 110 valence electrons. The molecule has 1 fully saturated rings. The van der Waals surface area contributed by atoms with Gasteiger partial charge in [-0.2, -0.15) is 0 Å². The summed E-state index contributed by atoms with van der Waals surface area (Å²) >= 11 is 0. The third-order valence-corrected chi connectivity index (χ3v) is 4.30. The molecule has 0 saturated heterocycles. The standard InChI is InChI=1S/C17H21N3O/c1-3-16(21)19-14-8-15-12(2)10-20(17(15)18-9-14)11-13-6-4-5-7-13/h3,8-10,13H,1,4-7,11H2,2H3,(H,19,21). The first kappa shape index (κ1) is 13.9. The zero-order chi connectivity index (χ0) is 14.8. The number of anilines is 1. The van der Waals surface area contributed by atoms with Crippen molar-refractivity contribution < 1.29 is 4.79 Å². The van der Waals surface area contributed by atoms with E-state index in [9.17, 15) is 4.79 Å². The van der Waals surface area contributed by atoms with Crippen molar-refractivity contribution in [3.8, 4) is 0 Å². The molecule has 1 aliphatic carbocycles. The van der Waals surface area contributed by atoms with Crippen LogP contribution in [-0.4, -0.2) is 15.5 Å². The van der Waals surface area contributed by atoms with Gasteiger partial charge in [-0.1, -0.05) is 19.4 Å². The highest BCUT2D eigenvalue weighted by Gasteiger charge is 2.17. The number of nitrogens with zero attached hydrogens (tertiary/aromatic N) is 2. The van der Waals surface area contributed by atoms with Crippen LogP contribution >= 0.6 is 0 Å². The van der Waals surface area contributed by atoms with Crippen molar-refractivity contribution >= 4 is 22.6 Å². The molecule has 0 bridgehead atoms. The van der Waals surface area contributed by atoms with E-state index in [1.54, 1.807) is 6.20 Å². The SMILES string of the molecule is C=CC(=O)Nc1cnc2c(c1)c(C)cn2CC1CCCC1. The lowest BCUT2D eigenvalue weighted by molar-refractivity contribution is -0.111. The minimum Gasteiger partial charge on any atom is -0.332 e. The van der Waals surface area contributed by atoms with Crippen molar-refractivity contribution in [2.24, 2.45) is 5.92 Å². The minimum absolute atomic E-state index is 0.209. The van der Waals surface area contributed by atoms with E-state index in [2.05, 4.69) is 34.6 Å². The molecule has 2 aromatic rings. The van der Waals surface area contributed by atoms with Crippen LogP contribution in [0.15, 0.2) is 31.1 Å². The maximum Gasteiger partial charge on any atom is 0.247 e. The van der Waals surface area contributed by atoms with Gasteiger partial charge in [0.1, 0.15) is 5.65 Å². The summed E-state index contributed by atoms with van der Waals surface area (Å²) in [6.07, 6.45) is 10.5. The molecule has 2 heterocycles. The molecule has 21 heavy (non-hydrogen) atoms. The van der Waals surface area contributed by atoms with Crippen LogP contribution in [0.5, 0.6) is 0 Å². The average Bonchev–Trinajstić information content (AvgIpc) is 3.08. The number of pyridine rings is 1. The van der Waals surface area contributed by atoms with E-state index < -0.39 is 0 Å². The van der Waals surface area contributed by atoms with E-state index >= 15 is 0 Å². The van der Waals surface area contributed by atoms with Crippen LogP contribution < -0.4 is 5.32 Å². The summed E-state index contributed by atoms with van der Waals surface area (Å²) in [4.78, 5) is 15.9. The molecule has 1 aliphatic rings. The Labute approximate surface area is 124 Å². The van der Waals surface area contributed by atoms with E-state index in [0.717, 1.165) is 23.5 Å². The number of amides is 1. The topological polar surface area (TPSA) is 46.9 Å². The number of carbonyl (C=O) groups excluding carboxylic acids is 1. The average molecular weight is 283 g/mol. The second-order valence-corrected chi connectivity index (χ2v) is 5.90. The molecule has 1 N–H and O–H groups in total. The highest BCUT2D eigenvalue weighted by Crippen LogP contribution is 2.29. The van der Waals surface area contributed by atoms with E-state index in [1.165, 1.54) is 37.3 Å². The quantitative estimate of drug-likeness (QED) is 0.870. The third kappa shape index (κ3) is 2.84. The van der Waals surface area contributed by atoms with Gasteiger partial charge < -0.3 is 9.88 Å². The molecule has 0 atom stereocenters. The smallest absolute Gasteiger partial charge is 0.247 e. The van der Waals surface area contributed by atoms with Crippen LogP contribution in [-0.2, 0) is 11.3 Å². The summed E-state index contributed by atoms with van der Waals surface area (Å²) in [6.45, 7) is 6.60. The molecular formula is C17H21N3O. The van der Waals surface area contributed by atoms with Crippen LogP contribution in [0.4, 0.5) is 5.69 Å². The number of aromatic nitrogens is 2. The van der Waals surface area contributed by atoms with Gasteiger partial charge in [0.25, 0.3) is 0 Å². The number of fused-ring (bicyclic) bond motifs is 1. The number of hydrogen-bond donors (Lipinski definition) is 1. The summed E-state index contributed by atoms with van der Waals surface area (Å²) in [5, 5.41) is 3.87. The number of hydrogen-bond acceptors (Lipinski definition) is 2. The lowest BCUT2D eigenvalue weighted by atomic mass is 10.1. The Kier molecular flexibility index (Phi) is 3.78. The number of carbonyl (C=O) groups is 1. The normalized spacial score (nSPS) is 15.5. The van der Waals surface area contributed by atoms with Crippen molar-refractivity contribution in [2.75, 3.05) is 5.32 Å². The fraction of sp³-hybridized carbons (Fsp3) is 0.412. The van der Waals surface area contributed by atoms with Crippen LogP contribution in [0.25, 0.3) is 11.0 Å².